The van der Waals surface area contributed by atoms with Gasteiger partial charge in [0.2, 0.25) is 0 Å². The smallest absolute Gasteiger partial charge is 0.323 e. The van der Waals surface area contributed by atoms with Gasteiger partial charge in [0, 0.05) is 17.4 Å². The normalized spacial score (nSPS) is 10.3. The first-order chi connectivity index (χ1) is 15.2. The summed E-state index contributed by atoms with van der Waals surface area (Å²) in [5.41, 5.74) is 2.78. The van der Waals surface area contributed by atoms with Crippen LogP contribution in [-0.2, 0) is 11.3 Å². The Labute approximate surface area is 178 Å². The number of ether oxygens (including phenoxy) is 2. The third-order valence-corrected chi connectivity index (χ3v) is 4.00. The third-order valence-electron chi connectivity index (χ3n) is 4.00. The molecule has 0 unspecified atom stereocenters. The number of urea groups is 1. The first-order valence-corrected chi connectivity index (χ1v) is 9.15. The monoisotopic (exact) mass is 420 g/mol. The van der Waals surface area contributed by atoms with Gasteiger partial charge in [0.1, 0.15) is 5.75 Å². The molecule has 10 heteroatoms. The predicted molar refractivity (Wildman–Crippen MR) is 114 cm³/mol. The molecule has 3 aromatic rings. The summed E-state index contributed by atoms with van der Waals surface area (Å²) < 4.78 is 15.7. The maximum atomic E-state index is 12.4. The van der Waals surface area contributed by atoms with Crippen LogP contribution < -0.4 is 20.7 Å². The molecule has 0 saturated heterocycles. The number of amides is 2. The molecule has 0 aliphatic carbocycles. The topological polar surface area (TPSA) is 134 Å². The summed E-state index contributed by atoms with van der Waals surface area (Å²) in [5, 5.41) is 16.2. The minimum Gasteiger partial charge on any atom is -0.496 e. The molecule has 10 nitrogen and oxygen atoms in total. The van der Waals surface area contributed by atoms with Crippen molar-refractivity contribution in [3.05, 3.63) is 60.6 Å². The number of methoxy groups -OCH3 is 1. The van der Waals surface area contributed by atoms with E-state index in [0.717, 1.165) is 11.1 Å². The van der Waals surface area contributed by atoms with Crippen LogP contribution in [0.25, 0.3) is 11.3 Å². The molecule has 2 amide bonds. The zero-order valence-corrected chi connectivity index (χ0v) is 16.7. The molecule has 3 rings (SSSR count). The first kappa shape index (κ1) is 21.2. The van der Waals surface area contributed by atoms with Crippen molar-refractivity contribution in [1.82, 2.24) is 10.3 Å². The maximum Gasteiger partial charge on any atom is 0.323 e. The van der Waals surface area contributed by atoms with Gasteiger partial charge in [-0.3, -0.25) is 10.3 Å². The fourth-order valence-corrected chi connectivity index (χ4v) is 2.67. The minimum atomic E-state index is -0.402. The van der Waals surface area contributed by atoms with Crippen LogP contribution in [0.2, 0.25) is 0 Å². The molecule has 0 bridgehead atoms. The lowest BCUT2D eigenvalue weighted by atomic mass is 10.1. The minimum absolute atomic E-state index is 0.0614. The van der Waals surface area contributed by atoms with Crippen molar-refractivity contribution in [2.24, 2.45) is 4.99 Å². The Kier molecular flexibility index (Phi) is 7.43. The molecule has 0 aliphatic heterocycles. The number of carbonyl (C=O) groups excluding carboxylic acids is 1. The Balaban J connectivity index is 1.58. The number of anilines is 2. The van der Waals surface area contributed by atoms with Crippen LogP contribution in [0.1, 0.15) is 5.56 Å². The average molecular weight is 420 g/mol. The summed E-state index contributed by atoms with van der Waals surface area (Å²) in [6.45, 7) is 0.427. The van der Waals surface area contributed by atoms with Crippen LogP contribution in [0.4, 0.5) is 16.2 Å². The van der Waals surface area contributed by atoms with Crippen molar-refractivity contribution in [2.45, 2.75) is 6.54 Å². The number of rotatable bonds is 9. The number of hydrogen-bond acceptors (Lipinski definition) is 8. The summed E-state index contributed by atoms with van der Waals surface area (Å²) in [6.07, 6.45) is 5.94. The zero-order chi connectivity index (χ0) is 21.9. The van der Waals surface area contributed by atoms with E-state index >= 15 is 0 Å². The van der Waals surface area contributed by atoms with Gasteiger partial charge in [0.25, 0.3) is 0 Å². The number of aromatic nitrogens is 1. The SMILES string of the molecule is COc1cc(NC(=O)Nc2cccc(CN=COCNC#N)c2)ccc1-c1cnco1. The molecular formula is C21H20N6O4. The molecule has 158 valence electrons. The second kappa shape index (κ2) is 10.9. The van der Waals surface area contributed by atoms with E-state index in [2.05, 4.69) is 25.9 Å². The molecular weight excluding hydrogens is 400 g/mol. The Morgan fingerprint density at radius 3 is 2.84 bits per heavy atom. The van der Waals surface area contributed by atoms with Crippen molar-refractivity contribution in [3.8, 4) is 23.3 Å². The van der Waals surface area contributed by atoms with E-state index in [0.29, 0.717) is 29.4 Å². The van der Waals surface area contributed by atoms with Crippen LogP contribution in [0.5, 0.6) is 5.75 Å². The number of hydrogen-bond donors (Lipinski definition) is 3. The Morgan fingerprint density at radius 2 is 2.10 bits per heavy atom. The Morgan fingerprint density at radius 1 is 1.26 bits per heavy atom. The first-order valence-electron chi connectivity index (χ1n) is 9.15. The highest BCUT2D eigenvalue weighted by Gasteiger charge is 2.11. The predicted octanol–water partition coefficient (Wildman–Crippen LogP) is 3.57. The van der Waals surface area contributed by atoms with E-state index in [4.69, 9.17) is 19.2 Å². The van der Waals surface area contributed by atoms with E-state index in [1.165, 1.54) is 19.9 Å². The van der Waals surface area contributed by atoms with Crippen LogP contribution in [0, 0.1) is 11.5 Å². The number of benzene rings is 2. The van der Waals surface area contributed by atoms with Gasteiger partial charge in [-0.2, -0.15) is 5.26 Å². The van der Waals surface area contributed by atoms with Crippen LogP contribution >= 0.6 is 0 Å². The van der Waals surface area contributed by atoms with Gasteiger partial charge in [-0.15, -0.1) is 0 Å². The fourth-order valence-electron chi connectivity index (χ4n) is 2.67. The number of carbonyl (C=O) groups is 1. The van der Waals surface area contributed by atoms with Gasteiger partial charge in [0.15, 0.2) is 31.5 Å². The van der Waals surface area contributed by atoms with Gasteiger partial charge in [-0.25, -0.2) is 9.78 Å². The summed E-state index contributed by atoms with van der Waals surface area (Å²) in [4.78, 5) is 20.4. The van der Waals surface area contributed by atoms with Gasteiger partial charge in [-0.05, 0) is 29.8 Å². The van der Waals surface area contributed by atoms with Crippen molar-refractivity contribution in [3.63, 3.8) is 0 Å². The summed E-state index contributed by atoms with van der Waals surface area (Å²) in [5.74, 6) is 1.11. The zero-order valence-electron chi connectivity index (χ0n) is 16.7. The molecule has 0 fully saturated rings. The summed E-state index contributed by atoms with van der Waals surface area (Å²) in [7, 11) is 1.54. The number of oxazole rings is 1. The van der Waals surface area contributed by atoms with E-state index in [1.807, 2.05) is 12.1 Å². The largest absolute Gasteiger partial charge is 0.496 e. The number of nitrogens with zero attached hydrogens (tertiary/aromatic N) is 3. The molecule has 1 aromatic heterocycles. The molecule has 0 aliphatic rings. The summed E-state index contributed by atoms with van der Waals surface area (Å²) >= 11 is 0. The Hall–Kier alpha value is -4.52. The number of nitrogens with one attached hydrogen (secondary N) is 3. The lowest BCUT2D eigenvalue weighted by Gasteiger charge is -2.11. The van der Waals surface area contributed by atoms with E-state index in [9.17, 15) is 4.79 Å². The molecule has 0 atom stereocenters. The van der Waals surface area contributed by atoms with Crippen LogP contribution in [-0.4, -0.2) is 31.3 Å². The number of aliphatic imine (C=N–C) groups is 1. The molecule has 1 heterocycles. The van der Waals surface area contributed by atoms with Gasteiger partial charge in [0.05, 0.1) is 25.4 Å². The third kappa shape index (κ3) is 6.23. The molecule has 31 heavy (non-hydrogen) atoms. The molecule has 0 spiro atoms. The lowest BCUT2D eigenvalue weighted by molar-refractivity contribution is 0.262. The van der Waals surface area contributed by atoms with Crippen LogP contribution in [0.3, 0.4) is 0 Å². The second-order valence-electron chi connectivity index (χ2n) is 6.11. The standard InChI is InChI=1S/C21H20N6O4/c1-29-19-8-17(5-6-18(19)20-10-24-14-31-20)27-21(28)26-16-4-2-3-15(7-16)9-23-12-30-13-25-11-22/h2-8,10,12,14,25H,9,13H2,1H3,(H2,26,27,28). The molecule has 3 N–H and O–H groups in total. The lowest BCUT2D eigenvalue weighted by Crippen LogP contribution is -2.19. The highest BCUT2D eigenvalue weighted by molar-refractivity contribution is 6.00. The van der Waals surface area contributed by atoms with Crippen LogP contribution in [0.15, 0.2) is 64.5 Å². The highest BCUT2D eigenvalue weighted by Crippen LogP contribution is 2.32. The average Bonchev–Trinajstić information content (AvgIpc) is 3.31. The summed E-state index contributed by atoms with van der Waals surface area (Å²) in [6, 6.07) is 12.1. The van der Waals surface area contributed by atoms with Crippen molar-refractivity contribution >= 4 is 23.8 Å². The van der Waals surface area contributed by atoms with E-state index in [1.54, 1.807) is 42.7 Å². The second-order valence-corrected chi connectivity index (χ2v) is 6.11. The van der Waals surface area contributed by atoms with Crippen molar-refractivity contribution in [2.75, 3.05) is 24.5 Å². The quantitative estimate of drug-likeness (QED) is 0.120. The van der Waals surface area contributed by atoms with Gasteiger partial charge < -0.3 is 24.5 Å². The van der Waals surface area contributed by atoms with Crippen molar-refractivity contribution < 1.29 is 18.7 Å². The molecule has 2 aromatic carbocycles. The number of nitriles is 1. The molecule has 0 saturated carbocycles. The van der Waals surface area contributed by atoms with Gasteiger partial charge >= 0.3 is 6.03 Å². The highest BCUT2D eigenvalue weighted by atomic mass is 16.5. The van der Waals surface area contributed by atoms with Gasteiger partial charge in [-0.1, -0.05) is 12.1 Å². The Bertz CT molecular complexity index is 1080. The fraction of sp³-hybridized carbons (Fsp3) is 0.143. The maximum absolute atomic E-state index is 12.4. The molecule has 0 radical (unpaired) electrons. The van der Waals surface area contributed by atoms with E-state index < -0.39 is 6.03 Å². The van der Waals surface area contributed by atoms with E-state index in [-0.39, 0.29) is 6.73 Å². The van der Waals surface area contributed by atoms with Crippen molar-refractivity contribution in [1.29, 1.82) is 5.26 Å².